The Morgan fingerprint density at radius 1 is 1.00 bits per heavy atom. The average Bonchev–Trinajstić information content (AvgIpc) is 2.72. The fraction of sp³-hybridized carbons (Fsp3) is 0.333. The molecule has 2 aromatic rings. The van der Waals surface area contributed by atoms with Crippen molar-refractivity contribution >= 4 is 29.2 Å². The van der Waals surface area contributed by atoms with Crippen molar-refractivity contribution in [2.24, 2.45) is 0 Å². The zero-order chi connectivity index (χ0) is 21.4. The molecule has 0 aromatic heterocycles. The van der Waals surface area contributed by atoms with Crippen molar-refractivity contribution in [3.05, 3.63) is 47.0 Å². The highest BCUT2D eigenvalue weighted by Crippen LogP contribution is 2.28. The predicted octanol–water partition coefficient (Wildman–Crippen LogP) is 3.87. The molecule has 0 heterocycles. The molecule has 156 valence electrons. The van der Waals surface area contributed by atoms with Crippen LogP contribution in [0.2, 0.25) is 5.02 Å². The molecule has 0 unspecified atom stereocenters. The zero-order valence-electron chi connectivity index (χ0n) is 16.8. The van der Waals surface area contributed by atoms with Gasteiger partial charge in [-0.3, -0.25) is 9.59 Å². The molecule has 0 radical (unpaired) electrons. The van der Waals surface area contributed by atoms with E-state index in [9.17, 15) is 9.59 Å². The second-order valence-corrected chi connectivity index (χ2v) is 6.62. The molecule has 0 spiro atoms. The molecule has 29 heavy (non-hydrogen) atoms. The second kappa shape index (κ2) is 10.6. The number of hydrogen-bond acceptors (Lipinski definition) is 6. The number of hydrogen-bond donors (Lipinski definition) is 1. The summed E-state index contributed by atoms with van der Waals surface area (Å²) in [7, 11) is 4.60. The molecule has 0 aliphatic heterocycles. The lowest BCUT2D eigenvalue weighted by Gasteiger charge is -2.15. The van der Waals surface area contributed by atoms with Crippen LogP contribution in [-0.4, -0.2) is 39.3 Å². The van der Waals surface area contributed by atoms with Crippen LogP contribution >= 0.6 is 11.6 Å². The molecule has 1 atom stereocenters. The molecule has 0 aliphatic rings. The van der Waals surface area contributed by atoms with Gasteiger partial charge in [0.1, 0.15) is 17.2 Å². The van der Waals surface area contributed by atoms with Gasteiger partial charge in [-0.15, -0.1) is 0 Å². The largest absolute Gasteiger partial charge is 0.497 e. The summed E-state index contributed by atoms with van der Waals surface area (Å²) in [4.78, 5) is 24.5. The van der Waals surface area contributed by atoms with Crippen molar-refractivity contribution in [3.63, 3.8) is 0 Å². The molecule has 0 saturated heterocycles. The van der Waals surface area contributed by atoms with Gasteiger partial charge < -0.3 is 24.3 Å². The van der Waals surface area contributed by atoms with Crippen LogP contribution in [0.25, 0.3) is 0 Å². The van der Waals surface area contributed by atoms with Gasteiger partial charge in [-0.1, -0.05) is 11.6 Å². The van der Waals surface area contributed by atoms with Gasteiger partial charge in [-0.05, 0) is 49.2 Å². The summed E-state index contributed by atoms with van der Waals surface area (Å²) >= 11 is 5.95. The number of rotatable bonds is 9. The maximum absolute atomic E-state index is 12.3. The number of aryl methyl sites for hydroxylation is 1. The molecule has 0 fully saturated rings. The monoisotopic (exact) mass is 421 g/mol. The first-order valence-electron chi connectivity index (χ1n) is 8.92. The molecule has 7 nitrogen and oxygen atoms in total. The molecular weight excluding hydrogens is 398 g/mol. The number of anilines is 1. The predicted molar refractivity (Wildman–Crippen MR) is 110 cm³/mol. The smallest absolute Gasteiger partial charge is 0.306 e. The number of amides is 1. The van der Waals surface area contributed by atoms with Gasteiger partial charge >= 0.3 is 5.97 Å². The molecule has 2 rings (SSSR count). The third kappa shape index (κ3) is 6.57. The van der Waals surface area contributed by atoms with E-state index in [-0.39, 0.29) is 6.42 Å². The van der Waals surface area contributed by atoms with E-state index >= 15 is 0 Å². The van der Waals surface area contributed by atoms with Crippen molar-refractivity contribution in [1.29, 1.82) is 0 Å². The number of nitrogens with one attached hydrogen (secondary N) is 1. The highest BCUT2D eigenvalue weighted by molar-refractivity contribution is 6.31. The van der Waals surface area contributed by atoms with Crippen molar-refractivity contribution < 1.29 is 28.5 Å². The SMILES string of the molecule is COc1cc(CCC(=O)O[C@@H](C)C(=O)Nc2cc(Cl)ccc2OC)cc(OC)c1. The molecule has 1 N–H and O–H groups in total. The summed E-state index contributed by atoms with van der Waals surface area (Å²) in [6, 6.07) is 10.2. The summed E-state index contributed by atoms with van der Waals surface area (Å²) in [5.41, 5.74) is 1.26. The second-order valence-electron chi connectivity index (χ2n) is 6.19. The number of carbonyl (C=O) groups excluding carboxylic acids is 2. The standard InChI is InChI=1S/C21H24ClNO6/c1-13(21(25)23-18-11-15(22)6-7-19(18)28-4)29-20(24)8-5-14-9-16(26-2)12-17(10-14)27-3/h6-7,9-13H,5,8H2,1-4H3,(H,23,25)/t13-/m0/s1. The minimum Gasteiger partial charge on any atom is -0.497 e. The fourth-order valence-electron chi connectivity index (χ4n) is 2.58. The van der Waals surface area contributed by atoms with Crippen molar-refractivity contribution in [3.8, 4) is 17.2 Å². The third-order valence-electron chi connectivity index (χ3n) is 4.13. The van der Waals surface area contributed by atoms with Gasteiger partial charge in [0.2, 0.25) is 0 Å². The number of halogens is 1. The van der Waals surface area contributed by atoms with Gasteiger partial charge in [-0.2, -0.15) is 0 Å². The highest BCUT2D eigenvalue weighted by atomic mass is 35.5. The van der Waals surface area contributed by atoms with Crippen molar-refractivity contribution in [2.45, 2.75) is 25.9 Å². The highest BCUT2D eigenvalue weighted by Gasteiger charge is 2.19. The van der Waals surface area contributed by atoms with Crippen LogP contribution in [0.15, 0.2) is 36.4 Å². The fourth-order valence-corrected chi connectivity index (χ4v) is 2.75. The maximum Gasteiger partial charge on any atom is 0.306 e. The van der Waals surface area contributed by atoms with Gasteiger partial charge in [0.15, 0.2) is 6.10 Å². The Hall–Kier alpha value is -2.93. The lowest BCUT2D eigenvalue weighted by atomic mass is 10.1. The van der Waals surface area contributed by atoms with E-state index < -0.39 is 18.0 Å². The Morgan fingerprint density at radius 2 is 1.66 bits per heavy atom. The van der Waals surface area contributed by atoms with Crippen LogP contribution in [0.1, 0.15) is 18.9 Å². The molecular formula is C21H24ClNO6. The molecule has 2 aromatic carbocycles. The summed E-state index contributed by atoms with van der Waals surface area (Å²) in [6.45, 7) is 1.50. The summed E-state index contributed by atoms with van der Waals surface area (Å²) in [5, 5.41) is 3.10. The van der Waals surface area contributed by atoms with E-state index in [1.165, 1.54) is 14.0 Å². The van der Waals surface area contributed by atoms with Crippen LogP contribution in [-0.2, 0) is 20.7 Å². The minimum atomic E-state index is -0.981. The molecule has 1 amide bonds. The van der Waals surface area contributed by atoms with E-state index in [0.717, 1.165) is 5.56 Å². The Bertz CT molecular complexity index is 848. The minimum absolute atomic E-state index is 0.106. The summed E-state index contributed by atoms with van der Waals surface area (Å²) in [6.07, 6.45) is -0.455. The molecule has 0 saturated carbocycles. The third-order valence-corrected chi connectivity index (χ3v) is 4.36. The van der Waals surface area contributed by atoms with Crippen LogP contribution in [0.5, 0.6) is 17.2 Å². The van der Waals surface area contributed by atoms with Gasteiger partial charge in [0.05, 0.1) is 27.0 Å². The first-order chi connectivity index (χ1) is 13.9. The number of ether oxygens (including phenoxy) is 4. The van der Waals surface area contributed by atoms with Crippen molar-refractivity contribution in [1.82, 2.24) is 0 Å². The average molecular weight is 422 g/mol. The van der Waals surface area contributed by atoms with Gasteiger partial charge in [-0.25, -0.2) is 0 Å². The van der Waals surface area contributed by atoms with Gasteiger partial charge in [0, 0.05) is 17.5 Å². The molecule has 8 heteroatoms. The normalized spacial score (nSPS) is 11.3. The molecule has 0 bridgehead atoms. The molecule has 0 aliphatic carbocycles. The first-order valence-corrected chi connectivity index (χ1v) is 9.30. The van der Waals surface area contributed by atoms with Crippen LogP contribution in [0.4, 0.5) is 5.69 Å². The number of benzene rings is 2. The van der Waals surface area contributed by atoms with E-state index in [1.807, 2.05) is 12.1 Å². The van der Waals surface area contributed by atoms with E-state index in [1.54, 1.807) is 38.5 Å². The van der Waals surface area contributed by atoms with Gasteiger partial charge in [0.25, 0.3) is 5.91 Å². The van der Waals surface area contributed by atoms with E-state index in [4.69, 9.17) is 30.5 Å². The lowest BCUT2D eigenvalue weighted by molar-refractivity contribution is -0.153. The zero-order valence-corrected chi connectivity index (χ0v) is 17.5. The number of esters is 1. The summed E-state index contributed by atoms with van der Waals surface area (Å²) in [5.74, 6) is 0.745. The first kappa shape index (κ1) is 22.4. The summed E-state index contributed by atoms with van der Waals surface area (Å²) < 4.78 is 20.9. The number of methoxy groups -OCH3 is 3. The quantitative estimate of drug-likeness (QED) is 0.619. The number of carbonyl (C=O) groups is 2. The Kier molecular flexibility index (Phi) is 8.15. The lowest BCUT2D eigenvalue weighted by Crippen LogP contribution is -2.30. The maximum atomic E-state index is 12.3. The van der Waals surface area contributed by atoms with Crippen LogP contribution < -0.4 is 19.5 Å². The van der Waals surface area contributed by atoms with E-state index in [0.29, 0.717) is 34.4 Å². The Labute approximate surface area is 174 Å². The topological polar surface area (TPSA) is 83.1 Å². The van der Waals surface area contributed by atoms with Crippen LogP contribution in [0, 0.1) is 0 Å². The Balaban J connectivity index is 1.92. The van der Waals surface area contributed by atoms with Crippen LogP contribution in [0.3, 0.4) is 0 Å². The van der Waals surface area contributed by atoms with Crippen molar-refractivity contribution in [2.75, 3.05) is 26.6 Å². The Morgan fingerprint density at radius 3 is 2.24 bits per heavy atom. The van der Waals surface area contributed by atoms with E-state index in [2.05, 4.69) is 5.32 Å².